The van der Waals surface area contributed by atoms with E-state index in [0.717, 1.165) is 6.07 Å². The predicted octanol–water partition coefficient (Wildman–Crippen LogP) is 1.65. The number of carbonyl (C=O) groups excluding carboxylic acids is 2. The summed E-state index contributed by atoms with van der Waals surface area (Å²) in [5.74, 6) is -1.80. The summed E-state index contributed by atoms with van der Waals surface area (Å²) in [6, 6.07) is 0.677. The summed E-state index contributed by atoms with van der Waals surface area (Å²) in [6.45, 7) is 6.59. The molecule has 0 bridgehead atoms. The van der Waals surface area contributed by atoms with Crippen molar-refractivity contribution >= 4 is 17.7 Å². The molecule has 1 aliphatic rings. The van der Waals surface area contributed by atoms with Crippen LogP contribution in [0.15, 0.2) is 23.4 Å². The van der Waals surface area contributed by atoms with E-state index in [1.165, 1.54) is 13.0 Å². The fraction of sp³-hybridized carbons (Fsp3) is 0.412. The van der Waals surface area contributed by atoms with Crippen LogP contribution in [0, 0.1) is 10.1 Å². The highest BCUT2D eigenvalue weighted by Gasteiger charge is 2.34. The van der Waals surface area contributed by atoms with Crippen molar-refractivity contribution in [1.29, 1.82) is 0 Å². The number of nitrogens with zero attached hydrogens (tertiary/aromatic N) is 1. The standard InChI is InChI=1S/C17H21N3O7/c1-5-26-12-7-10(6-11(15(12)21)20(24)25)14-13(16(22)27-8(2)3)9(4)18-17(23)19-14/h6-8,14,21H,5H2,1-4H3,(H2,18,19,23)/p-1/t14-/m1/s1. The lowest BCUT2D eigenvalue weighted by Crippen LogP contribution is -2.45. The van der Waals surface area contributed by atoms with Gasteiger partial charge in [-0.3, -0.25) is 10.1 Å². The minimum atomic E-state index is -1.04. The molecule has 0 unspecified atom stereocenters. The van der Waals surface area contributed by atoms with Crippen LogP contribution in [0.2, 0.25) is 0 Å². The van der Waals surface area contributed by atoms with Crippen LogP contribution in [-0.4, -0.2) is 29.6 Å². The van der Waals surface area contributed by atoms with Gasteiger partial charge >= 0.3 is 12.0 Å². The molecule has 0 spiro atoms. The maximum Gasteiger partial charge on any atom is 0.338 e. The number of hydrogen-bond acceptors (Lipinski definition) is 7. The average Bonchev–Trinajstić information content (AvgIpc) is 2.55. The van der Waals surface area contributed by atoms with Crippen molar-refractivity contribution in [1.82, 2.24) is 10.6 Å². The van der Waals surface area contributed by atoms with Crippen molar-refractivity contribution in [3.63, 3.8) is 0 Å². The van der Waals surface area contributed by atoms with Gasteiger partial charge in [0, 0.05) is 17.5 Å². The Morgan fingerprint density at radius 2 is 2.04 bits per heavy atom. The summed E-state index contributed by atoms with van der Waals surface area (Å²) in [6.07, 6.45) is -0.409. The van der Waals surface area contributed by atoms with Crippen molar-refractivity contribution in [3.8, 4) is 11.5 Å². The molecule has 2 N–H and O–H groups in total. The molecule has 10 heteroatoms. The number of amides is 2. The molecule has 0 fully saturated rings. The molecular weight excluding hydrogens is 358 g/mol. The Morgan fingerprint density at radius 3 is 2.59 bits per heavy atom. The first-order chi connectivity index (χ1) is 12.6. The van der Waals surface area contributed by atoms with E-state index < -0.39 is 40.5 Å². The van der Waals surface area contributed by atoms with E-state index in [9.17, 15) is 24.8 Å². The molecule has 1 aliphatic heterocycles. The zero-order valence-corrected chi connectivity index (χ0v) is 15.3. The van der Waals surface area contributed by atoms with E-state index in [1.54, 1.807) is 20.8 Å². The highest BCUT2D eigenvalue weighted by atomic mass is 16.6. The van der Waals surface area contributed by atoms with E-state index in [4.69, 9.17) is 9.47 Å². The molecule has 27 heavy (non-hydrogen) atoms. The second kappa shape index (κ2) is 7.94. The fourth-order valence-electron chi connectivity index (χ4n) is 2.67. The molecule has 10 nitrogen and oxygen atoms in total. The van der Waals surface area contributed by atoms with Crippen LogP contribution < -0.4 is 20.5 Å². The Balaban J connectivity index is 2.61. The first-order valence-corrected chi connectivity index (χ1v) is 8.27. The lowest BCUT2D eigenvalue weighted by Gasteiger charge is -2.29. The Hall–Kier alpha value is -3.30. The number of carbonyl (C=O) groups is 2. The number of hydrogen-bond donors (Lipinski definition) is 2. The second-order valence-corrected chi connectivity index (χ2v) is 6.08. The SMILES string of the molecule is CCOc1cc([C@H]2NC(=O)NC(C)=C2C(=O)OC(C)C)cc([N+](=O)[O-])c1[O-]. The van der Waals surface area contributed by atoms with Crippen molar-refractivity contribution in [2.45, 2.75) is 39.8 Å². The summed E-state index contributed by atoms with van der Waals surface area (Å²) in [7, 11) is 0. The molecule has 1 aromatic rings. The quantitative estimate of drug-likeness (QED) is 0.435. The minimum Gasteiger partial charge on any atom is -0.865 e. The molecule has 146 valence electrons. The minimum absolute atomic E-state index is 0.0821. The van der Waals surface area contributed by atoms with Gasteiger partial charge < -0.3 is 25.2 Å². The molecule has 2 amide bonds. The summed E-state index contributed by atoms with van der Waals surface area (Å²) in [5, 5.41) is 28.4. The van der Waals surface area contributed by atoms with Crippen molar-refractivity contribution in [3.05, 3.63) is 39.1 Å². The number of ether oxygens (including phenoxy) is 2. The van der Waals surface area contributed by atoms with Gasteiger partial charge in [-0.1, -0.05) is 0 Å². The Morgan fingerprint density at radius 1 is 1.37 bits per heavy atom. The van der Waals surface area contributed by atoms with Crippen molar-refractivity contribution < 1.29 is 29.1 Å². The zero-order chi connectivity index (χ0) is 20.3. The largest absolute Gasteiger partial charge is 0.865 e. The third kappa shape index (κ3) is 4.27. The van der Waals surface area contributed by atoms with Crippen molar-refractivity contribution in [2.75, 3.05) is 6.61 Å². The van der Waals surface area contributed by atoms with Gasteiger partial charge in [-0.2, -0.15) is 0 Å². The Labute approximate surface area is 155 Å². The van der Waals surface area contributed by atoms with Crippen LogP contribution in [0.5, 0.6) is 11.5 Å². The fourth-order valence-corrected chi connectivity index (χ4v) is 2.67. The highest BCUT2D eigenvalue weighted by molar-refractivity contribution is 5.95. The van der Waals surface area contributed by atoms with Gasteiger partial charge in [0.25, 0.3) is 5.69 Å². The van der Waals surface area contributed by atoms with Crippen LogP contribution in [0.1, 0.15) is 39.3 Å². The Bertz CT molecular complexity index is 817. The van der Waals surface area contributed by atoms with E-state index in [1.807, 2.05) is 0 Å². The molecular formula is C17H20N3O7-. The summed E-state index contributed by atoms with van der Waals surface area (Å²) >= 11 is 0. The number of esters is 1. The van der Waals surface area contributed by atoms with Crippen LogP contribution in [0.25, 0.3) is 0 Å². The number of benzene rings is 1. The van der Waals surface area contributed by atoms with E-state index in [0.29, 0.717) is 0 Å². The number of rotatable bonds is 6. The molecule has 0 saturated heterocycles. The molecule has 2 rings (SSSR count). The molecule has 1 atom stereocenters. The third-order valence-corrected chi connectivity index (χ3v) is 3.72. The van der Waals surface area contributed by atoms with Gasteiger partial charge in [-0.15, -0.1) is 0 Å². The van der Waals surface area contributed by atoms with Gasteiger partial charge in [0.15, 0.2) is 0 Å². The lowest BCUT2D eigenvalue weighted by atomic mass is 9.94. The smallest absolute Gasteiger partial charge is 0.338 e. The molecule has 0 aliphatic carbocycles. The Kier molecular flexibility index (Phi) is 5.88. The number of nitro benzene ring substituents is 1. The summed E-state index contributed by atoms with van der Waals surface area (Å²) in [4.78, 5) is 34.8. The van der Waals surface area contributed by atoms with Crippen molar-refractivity contribution in [2.24, 2.45) is 0 Å². The van der Waals surface area contributed by atoms with Gasteiger partial charge in [-0.05, 0) is 39.3 Å². The molecule has 1 aromatic carbocycles. The maximum absolute atomic E-state index is 12.5. The molecule has 0 radical (unpaired) electrons. The number of nitrogens with one attached hydrogen (secondary N) is 2. The van der Waals surface area contributed by atoms with E-state index in [2.05, 4.69) is 10.6 Å². The van der Waals surface area contributed by atoms with Crippen LogP contribution in [0.3, 0.4) is 0 Å². The molecule has 0 saturated carbocycles. The second-order valence-electron chi connectivity index (χ2n) is 6.08. The third-order valence-electron chi connectivity index (χ3n) is 3.72. The number of allylic oxidation sites excluding steroid dienone is 1. The van der Waals surface area contributed by atoms with E-state index >= 15 is 0 Å². The first kappa shape index (κ1) is 20.0. The lowest BCUT2D eigenvalue weighted by molar-refractivity contribution is -0.398. The first-order valence-electron chi connectivity index (χ1n) is 8.27. The maximum atomic E-state index is 12.5. The zero-order valence-electron chi connectivity index (χ0n) is 15.3. The summed E-state index contributed by atoms with van der Waals surface area (Å²) in [5.41, 5.74) is -0.215. The highest BCUT2D eigenvalue weighted by Crippen LogP contribution is 2.39. The average molecular weight is 378 g/mol. The van der Waals surface area contributed by atoms with Gasteiger partial charge in [0.2, 0.25) is 0 Å². The van der Waals surface area contributed by atoms with Crippen LogP contribution in [0.4, 0.5) is 10.5 Å². The van der Waals surface area contributed by atoms with Crippen LogP contribution >= 0.6 is 0 Å². The van der Waals surface area contributed by atoms with Gasteiger partial charge in [0.1, 0.15) is 5.75 Å². The van der Waals surface area contributed by atoms with Crippen LogP contribution in [-0.2, 0) is 9.53 Å². The van der Waals surface area contributed by atoms with Gasteiger partial charge in [-0.25, -0.2) is 9.59 Å². The number of nitro groups is 1. The number of urea groups is 1. The predicted molar refractivity (Wildman–Crippen MR) is 92.0 cm³/mol. The topological polar surface area (TPSA) is 143 Å². The summed E-state index contributed by atoms with van der Waals surface area (Å²) < 4.78 is 10.4. The van der Waals surface area contributed by atoms with E-state index in [-0.39, 0.29) is 29.2 Å². The molecule has 1 heterocycles. The monoisotopic (exact) mass is 378 g/mol. The molecule has 0 aromatic heterocycles. The normalized spacial score (nSPS) is 16.6. The van der Waals surface area contributed by atoms with Gasteiger partial charge in [0.05, 0.1) is 29.2 Å².